The van der Waals surface area contributed by atoms with Crippen molar-refractivity contribution in [3.8, 4) is 11.5 Å². The lowest BCUT2D eigenvalue weighted by molar-refractivity contribution is -0.135. The van der Waals surface area contributed by atoms with E-state index in [9.17, 15) is 14.4 Å². The molecule has 0 aromatic heterocycles. The summed E-state index contributed by atoms with van der Waals surface area (Å²) in [6, 6.07) is 13.5. The van der Waals surface area contributed by atoms with E-state index in [1.165, 1.54) is 5.56 Å². The van der Waals surface area contributed by atoms with Crippen LogP contribution in [0.25, 0.3) is 6.08 Å². The Labute approximate surface area is 203 Å². The molecule has 2 aliphatic rings. The minimum atomic E-state index is -0.444. The quantitative estimate of drug-likeness (QED) is 0.513. The monoisotopic (exact) mass is 480 g/mol. The van der Waals surface area contributed by atoms with Crippen molar-refractivity contribution in [3.63, 3.8) is 0 Å². The molecule has 4 rings (SSSR count). The normalized spacial score (nSPS) is 17.1. The van der Waals surface area contributed by atoms with Crippen LogP contribution in [0.3, 0.4) is 0 Å². The van der Waals surface area contributed by atoms with Gasteiger partial charge in [0, 0.05) is 13.1 Å². The fourth-order valence-corrected chi connectivity index (χ4v) is 4.68. The summed E-state index contributed by atoms with van der Waals surface area (Å²) in [6.45, 7) is 5.95. The Balaban J connectivity index is 1.46. The summed E-state index contributed by atoms with van der Waals surface area (Å²) in [5.74, 6) is 0.533. The van der Waals surface area contributed by atoms with E-state index in [1.807, 2.05) is 44.2 Å². The first-order valence-corrected chi connectivity index (χ1v) is 12.2. The number of amides is 3. The van der Waals surface area contributed by atoms with Crippen molar-refractivity contribution < 1.29 is 23.9 Å². The van der Waals surface area contributed by atoms with Gasteiger partial charge in [0.05, 0.1) is 11.5 Å². The summed E-state index contributed by atoms with van der Waals surface area (Å²) in [5.41, 5.74) is 2.95. The highest BCUT2D eigenvalue weighted by Crippen LogP contribution is 2.35. The number of likely N-dealkylation sites (tertiary alicyclic amines) is 1. The Bertz CT molecular complexity index is 1110. The summed E-state index contributed by atoms with van der Waals surface area (Å²) < 4.78 is 11.7. The second-order valence-electron chi connectivity index (χ2n) is 8.27. The van der Waals surface area contributed by atoms with E-state index in [0.717, 1.165) is 35.1 Å². The molecular weight excluding hydrogens is 452 g/mol. The molecule has 2 fully saturated rings. The standard InChI is InChI=1S/C26H28N2O5S/c1-3-32-22-14-20(10-11-21(22)33-17-19-8-6-18(2)7-9-19)15-23-25(30)28(26(31)34-23)16-24(29)27-12-4-5-13-27/h6-11,14-15H,3-5,12-13,16-17H2,1-2H3. The van der Waals surface area contributed by atoms with Crippen molar-refractivity contribution in [2.75, 3.05) is 26.2 Å². The van der Waals surface area contributed by atoms with Crippen LogP contribution in [0.1, 0.15) is 36.5 Å². The van der Waals surface area contributed by atoms with Crippen LogP contribution in [0.15, 0.2) is 47.4 Å². The van der Waals surface area contributed by atoms with E-state index in [4.69, 9.17) is 9.47 Å². The third-order valence-electron chi connectivity index (χ3n) is 5.71. The van der Waals surface area contributed by atoms with Crippen LogP contribution >= 0.6 is 11.8 Å². The summed E-state index contributed by atoms with van der Waals surface area (Å²) in [5, 5.41) is -0.424. The Hall–Kier alpha value is -3.26. The van der Waals surface area contributed by atoms with Gasteiger partial charge in [-0.3, -0.25) is 19.3 Å². The zero-order chi connectivity index (χ0) is 24.1. The summed E-state index contributed by atoms with van der Waals surface area (Å²) in [7, 11) is 0. The molecule has 2 aromatic rings. The first-order chi connectivity index (χ1) is 16.4. The maximum Gasteiger partial charge on any atom is 0.294 e. The summed E-state index contributed by atoms with van der Waals surface area (Å²) in [4.78, 5) is 40.7. The van der Waals surface area contributed by atoms with Crippen molar-refractivity contribution in [2.24, 2.45) is 0 Å². The zero-order valence-electron chi connectivity index (χ0n) is 19.4. The molecule has 2 heterocycles. The Kier molecular flexibility index (Phi) is 7.57. The number of hydrogen-bond acceptors (Lipinski definition) is 6. The molecule has 2 aromatic carbocycles. The second-order valence-corrected chi connectivity index (χ2v) is 9.26. The summed E-state index contributed by atoms with van der Waals surface area (Å²) >= 11 is 0.849. The maximum atomic E-state index is 12.8. The molecule has 0 saturated carbocycles. The van der Waals surface area contributed by atoms with Gasteiger partial charge >= 0.3 is 0 Å². The van der Waals surface area contributed by atoms with Gasteiger partial charge in [-0.2, -0.15) is 0 Å². The number of carbonyl (C=O) groups excluding carboxylic acids is 3. The van der Waals surface area contributed by atoms with E-state index >= 15 is 0 Å². The highest BCUT2D eigenvalue weighted by molar-refractivity contribution is 8.18. The molecule has 0 aliphatic carbocycles. The number of rotatable bonds is 8. The van der Waals surface area contributed by atoms with E-state index in [0.29, 0.717) is 43.4 Å². The largest absolute Gasteiger partial charge is 0.490 e. The molecule has 7 nitrogen and oxygen atoms in total. The van der Waals surface area contributed by atoms with Crippen LogP contribution in [0, 0.1) is 6.92 Å². The van der Waals surface area contributed by atoms with Gasteiger partial charge in [-0.1, -0.05) is 35.9 Å². The molecule has 3 amide bonds. The molecule has 0 N–H and O–H groups in total. The van der Waals surface area contributed by atoms with Crippen molar-refractivity contribution in [2.45, 2.75) is 33.3 Å². The number of benzene rings is 2. The van der Waals surface area contributed by atoms with Crippen LogP contribution in [0.5, 0.6) is 11.5 Å². The molecule has 2 aliphatic heterocycles. The zero-order valence-corrected chi connectivity index (χ0v) is 20.2. The van der Waals surface area contributed by atoms with E-state index in [2.05, 4.69) is 0 Å². The van der Waals surface area contributed by atoms with Gasteiger partial charge in [-0.15, -0.1) is 0 Å². The molecule has 0 bridgehead atoms. The van der Waals surface area contributed by atoms with E-state index in [-0.39, 0.29) is 17.4 Å². The molecule has 0 atom stereocenters. The van der Waals surface area contributed by atoms with Crippen molar-refractivity contribution in [1.29, 1.82) is 0 Å². The average molecular weight is 481 g/mol. The average Bonchev–Trinajstić information content (AvgIpc) is 3.45. The van der Waals surface area contributed by atoms with Gasteiger partial charge in [0.2, 0.25) is 5.91 Å². The van der Waals surface area contributed by atoms with Crippen LogP contribution in [-0.4, -0.2) is 53.1 Å². The van der Waals surface area contributed by atoms with Crippen LogP contribution in [0.4, 0.5) is 4.79 Å². The molecule has 0 spiro atoms. The molecule has 0 radical (unpaired) electrons. The second kappa shape index (κ2) is 10.8. The van der Waals surface area contributed by atoms with Gasteiger partial charge in [-0.25, -0.2) is 0 Å². The molecular formula is C26H28N2O5S. The number of carbonyl (C=O) groups is 3. The first kappa shape index (κ1) is 23.9. The highest BCUT2D eigenvalue weighted by atomic mass is 32.2. The molecule has 8 heteroatoms. The highest BCUT2D eigenvalue weighted by Gasteiger charge is 2.37. The molecule has 34 heavy (non-hydrogen) atoms. The van der Waals surface area contributed by atoms with E-state index in [1.54, 1.807) is 23.1 Å². The van der Waals surface area contributed by atoms with Gasteiger partial charge < -0.3 is 14.4 Å². The minimum absolute atomic E-state index is 0.185. The third kappa shape index (κ3) is 5.62. The number of nitrogens with zero attached hydrogens (tertiary/aromatic N) is 2. The van der Waals surface area contributed by atoms with Gasteiger partial charge in [0.25, 0.3) is 11.1 Å². The number of hydrogen-bond donors (Lipinski definition) is 0. The van der Waals surface area contributed by atoms with Gasteiger partial charge in [-0.05, 0) is 67.8 Å². The predicted molar refractivity (Wildman–Crippen MR) is 132 cm³/mol. The van der Waals surface area contributed by atoms with E-state index < -0.39 is 11.1 Å². The topological polar surface area (TPSA) is 76.2 Å². The van der Waals surface area contributed by atoms with Crippen LogP contribution < -0.4 is 9.47 Å². The Morgan fingerprint density at radius 1 is 1.03 bits per heavy atom. The first-order valence-electron chi connectivity index (χ1n) is 11.4. The molecule has 0 unspecified atom stereocenters. The lowest BCUT2D eigenvalue weighted by Gasteiger charge is -2.18. The fourth-order valence-electron chi connectivity index (χ4n) is 3.84. The van der Waals surface area contributed by atoms with Crippen LogP contribution in [0.2, 0.25) is 0 Å². The molecule has 178 valence electrons. The van der Waals surface area contributed by atoms with Gasteiger partial charge in [0.1, 0.15) is 13.2 Å². The maximum absolute atomic E-state index is 12.8. The predicted octanol–water partition coefficient (Wildman–Crippen LogP) is 4.63. The number of thioether (sulfide) groups is 1. The minimum Gasteiger partial charge on any atom is -0.490 e. The number of ether oxygens (including phenoxy) is 2. The van der Waals surface area contributed by atoms with Crippen molar-refractivity contribution in [1.82, 2.24) is 9.80 Å². The SMILES string of the molecule is CCOc1cc(C=C2SC(=O)N(CC(=O)N3CCCC3)C2=O)ccc1OCc1ccc(C)cc1. The molecule has 2 saturated heterocycles. The fraction of sp³-hybridized carbons (Fsp3) is 0.346. The smallest absolute Gasteiger partial charge is 0.294 e. The number of aryl methyl sites for hydroxylation is 1. The third-order valence-corrected chi connectivity index (χ3v) is 6.61. The summed E-state index contributed by atoms with van der Waals surface area (Å²) in [6.07, 6.45) is 3.57. The van der Waals surface area contributed by atoms with Crippen molar-refractivity contribution >= 4 is 34.9 Å². The lowest BCUT2D eigenvalue weighted by Crippen LogP contribution is -2.40. The number of imide groups is 1. The van der Waals surface area contributed by atoms with Crippen molar-refractivity contribution in [3.05, 3.63) is 64.1 Å². The lowest BCUT2D eigenvalue weighted by atomic mass is 10.1. The van der Waals surface area contributed by atoms with Crippen LogP contribution in [-0.2, 0) is 16.2 Å². The van der Waals surface area contributed by atoms with Gasteiger partial charge in [0.15, 0.2) is 11.5 Å². The Morgan fingerprint density at radius 3 is 2.47 bits per heavy atom. The Morgan fingerprint density at radius 2 is 1.76 bits per heavy atom.